The number of aryl methyl sites for hydroxylation is 1. The highest BCUT2D eigenvalue weighted by molar-refractivity contribution is 5.85. The van der Waals surface area contributed by atoms with E-state index in [4.69, 9.17) is 4.42 Å². The Bertz CT molecular complexity index is 748. The summed E-state index contributed by atoms with van der Waals surface area (Å²) >= 11 is 0. The van der Waals surface area contributed by atoms with Crippen molar-refractivity contribution in [2.24, 2.45) is 0 Å². The Labute approximate surface area is 142 Å². The first-order valence-electron chi connectivity index (χ1n) is 8.71. The number of anilines is 1. The molecule has 1 aliphatic rings. The first-order chi connectivity index (χ1) is 11.6. The molecule has 2 N–H and O–H groups in total. The van der Waals surface area contributed by atoms with Crippen molar-refractivity contribution >= 4 is 22.7 Å². The van der Waals surface area contributed by atoms with Gasteiger partial charge in [0.25, 0.3) is 0 Å². The number of nitrogens with zero attached hydrogens (tertiary/aromatic N) is 1. The second-order valence-electron chi connectivity index (χ2n) is 6.43. The first kappa shape index (κ1) is 16.6. The normalized spacial score (nSPS) is 15.8. The Kier molecular flexibility index (Phi) is 5.18. The van der Waals surface area contributed by atoms with Crippen molar-refractivity contribution in [3.63, 3.8) is 0 Å². The topological polar surface area (TPSA) is 67.2 Å². The van der Waals surface area contributed by atoms with Gasteiger partial charge in [-0.1, -0.05) is 11.6 Å². The van der Waals surface area contributed by atoms with Crippen molar-refractivity contribution in [2.75, 3.05) is 11.9 Å². The summed E-state index contributed by atoms with van der Waals surface area (Å²) in [5, 5.41) is 6.24. The van der Waals surface area contributed by atoms with Gasteiger partial charge in [-0.15, -0.1) is 0 Å². The molecule has 24 heavy (non-hydrogen) atoms. The predicted molar refractivity (Wildman–Crippen MR) is 96.0 cm³/mol. The zero-order valence-electron chi connectivity index (χ0n) is 14.4. The third-order valence-corrected chi connectivity index (χ3v) is 4.40. The molecule has 0 saturated heterocycles. The monoisotopic (exact) mass is 327 g/mol. The molecule has 0 spiro atoms. The van der Waals surface area contributed by atoms with Gasteiger partial charge in [0.2, 0.25) is 5.91 Å². The number of carbonyl (C=O) groups excluding carboxylic acids is 1. The highest BCUT2D eigenvalue weighted by atomic mass is 16.3. The van der Waals surface area contributed by atoms with E-state index in [9.17, 15) is 4.79 Å². The molecule has 0 saturated carbocycles. The summed E-state index contributed by atoms with van der Waals surface area (Å²) < 4.78 is 5.46. The second-order valence-corrected chi connectivity index (χ2v) is 6.43. The van der Waals surface area contributed by atoms with Gasteiger partial charge in [0.1, 0.15) is 11.6 Å². The molecule has 0 radical (unpaired) electrons. The van der Waals surface area contributed by atoms with Gasteiger partial charge in [0.15, 0.2) is 11.5 Å². The lowest BCUT2D eigenvalue weighted by atomic mass is 9.97. The van der Waals surface area contributed by atoms with Crippen molar-refractivity contribution in [3.05, 3.63) is 35.7 Å². The van der Waals surface area contributed by atoms with Gasteiger partial charge in [0.05, 0.1) is 0 Å². The van der Waals surface area contributed by atoms with E-state index in [1.807, 2.05) is 32.0 Å². The Morgan fingerprint density at radius 3 is 3.04 bits per heavy atom. The van der Waals surface area contributed by atoms with Crippen LogP contribution in [-0.2, 0) is 4.79 Å². The van der Waals surface area contributed by atoms with Gasteiger partial charge >= 0.3 is 0 Å². The van der Waals surface area contributed by atoms with Crippen LogP contribution >= 0.6 is 0 Å². The van der Waals surface area contributed by atoms with Crippen LogP contribution in [0.25, 0.3) is 11.1 Å². The molecule has 0 bridgehead atoms. The molecule has 3 rings (SSSR count). The molecule has 1 amide bonds. The number of carbonyl (C=O) groups is 1. The summed E-state index contributed by atoms with van der Waals surface area (Å²) in [5.41, 5.74) is 3.91. The molecule has 2 aromatic rings. The van der Waals surface area contributed by atoms with Gasteiger partial charge in [-0.2, -0.15) is 0 Å². The number of hydrogen-bond donors (Lipinski definition) is 2. The van der Waals surface area contributed by atoms with Gasteiger partial charge in [0, 0.05) is 19.2 Å². The lowest BCUT2D eigenvalue weighted by Gasteiger charge is -2.16. The lowest BCUT2D eigenvalue weighted by molar-refractivity contribution is -0.121. The fraction of sp³-hybridized carbons (Fsp3) is 0.474. The zero-order chi connectivity index (χ0) is 16.9. The van der Waals surface area contributed by atoms with E-state index in [2.05, 4.69) is 21.7 Å². The van der Waals surface area contributed by atoms with Crippen LogP contribution in [0.1, 0.15) is 44.9 Å². The number of rotatable bonds is 6. The minimum Gasteiger partial charge on any atom is -0.441 e. The van der Waals surface area contributed by atoms with Crippen LogP contribution < -0.4 is 10.6 Å². The van der Waals surface area contributed by atoms with Crippen molar-refractivity contribution in [3.8, 4) is 0 Å². The summed E-state index contributed by atoms with van der Waals surface area (Å²) in [5.74, 6) is 0.660. The van der Waals surface area contributed by atoms with E-state index in [0.29, 0.717) is 12.4 Å². The standard InChI is InChI=1S/C19H25N3O2/c1-13(19(23)20-11-10-15-6-4-3-5-7-15)21-16-8-9-18-17(12-16)22-14(2)24-18/h6,8-9,12-13,21H,3-5,7,10-11H2,1-2H3,(H,20,23)/t13-/m0/s1. The maximum atomic E-state index is 12.2. The van der Waals surface area contributed by atoms with Crippen molar-refractivity contribution < 1.29 is 9.21 Å². The van der Waals surface area contributed by atoms with E-state index < -0.39 is 0 Å². The molecule has 1 atom stereocenters. The summed E-state index contributed by atoms with van der Waals surface area (Å²) in [6.45, 7) is 4.40. The molecular weight excluding hydrogens is 302 g/mol. The molecule has 0 fully saturated rings. The van der Waals surface area contributed by atoms with E-state index in [1.54, 1.807) is 0 Å². The van der Waals surface area contributed by atoms with E-state index in [1.165, 1.54) is 31.3 Å². The van der Waals surface area contributed by atoms with E-state index in [-0.39, 0.29) is 11.9 Å². The maximum absolute atomic E-state index is 12.2. The fourth-order valence-corrected chi connectivity index (χ4v) is 3.08. The third-order valence-electron chi connectivity index (χ3n) is 4.40. The average Bonchev–Trinajstić information content (AvgIpc) is 2.95. The van der Waals surface area contributed by atoms with Crippen LogP contribution in [0.5, 0.6) is 0 Å². The zero-order valence-corrected chi connectivity index (χ0v) is 14.4. The molecular formula is C19H25N3O2. The molecule has 1 aliphatic carbocycles. The Morgan fingerprint density at radius 2 is 2.25 bits per heavy atom. The summed E-state index contributed by atoms with van der Waals surface area (Å²) in [6, 6.07) is 5.39. The number of aromatic nitrogens is 1. The fourth-order valence-electron chi connectivity index (χ4n) is 3.08. The van der Waals surface area contributed by atoms with E-state index in [0.717, 1.165) is 23.2 Å². The number of nitrogens with one attached hydrogen (secondary N) is 2. The van der Waals surface area contributed by atoms with Gasteiger partial charge in [-0.05, 0) is 57.2 Å². The number of oxazole rings is 1. The van der Waals surface area contributed by atoms with Crippen molar-refractivity contribution in [2.45, 2.75) is 52.0 Å². The highest BCUT2D eigenvalue weighted by Gasteiger charge is 2.13. The largest absolute Gasteiger partial charge is 0.441 e. The van der Waals surface area contributed by atoms with Crippen LogP contribution in [0.2, 0.25) is 0 Å². The number of hydrogen-bond acceptors (Lipinski definition) is 4. The van der Waals surface area contributed by atoms with Gasteiger partial charge < -0.3 is 15.1 Å². The third kappa shape index (κ3) is 4.16. The van der Waals surface area contributed by atoms with Crippen LogP contribution in [-0.4, -0.2) is 23.5 Å². The Balaban J connectivity index is 1.50. The van der Waals surface area contributed by atoms with Crippen LogP contribution in [0, 0.1) is 6.92 Å². The minimum atomic E-state index is -0.296. The molecule has 1 aromatic heterocycles. The Hall–Kier alpha value is -2.30. The van der Waals surface area contributed by atoms with Crippen LogP contribution in [0.3, 0.4) is 0 Å². The molecule has 1 aromatic carbocycles. The minimum absolute atomic E-state index is 0.0165. The summed E-state index contributed by atoms with van der Waals surface area (Å²) in [7, 11) is 0. The smallest absolute Gasteiger partial charge is 0.242 e. The van der Waals surface area contributed by atoms with Crippen LogP contribution in [0.4, 0.5) is 5.69 Å². The Morgan fingerprint density at radius 1 is 1.38 bits per heavy atom. The molecule has 128 valence electrons. The highest BCUT2D eigenvalue weighted by Crippen LogP contribution is 2.21. The first-order valence-corrected chi connectivity index (χ1v) is 8.71. The van der Waals surface area contributed by atoms with Gasteiger partial charge in [-0.25, -0.2) is 4.98 Å². The van der Waals surface area contributed by atoms with Gasteiger partial charge in [-0.3, -0.25) is 4.79 Å². The molecule has 5 heteroatoms. The second kappa shape index (κ2) is 7.51. The predicted octanol–water partition coefficient (Wildman–Crippen LogP) is 3.94. The number of fused-ring (bicyclic) bond motifs is 1. The summed E-state index contributed by atoms with van der Waals surface area (Å²) in [4.78, 5) is 16.5. The SMILES string of the molecule is Cc1nc2cc(N[C@@H](C)C(=O)NCCC3=CCCCC3)ccc2o1. The number of allylic oxidation sites excluding steroid dienone is 1. The number of amides is 1. The molecule has 1 heterocycles. The van der Waals surface area contributed by atoms with Crippen molar-refractivity contribution in [1.82, 2.24) is 10.3 Å². The summed E-state index contributed by atoms with van der Waals surface area (Å²) in [6.07, 6.45) is 8.23. The number of benzene rings is 1. The lowest BCUT2D eigenvalue weighted by Crippen LogP contribution is -2.38. The molecule has 0 aliphatic heterocycles. The quantitative estimate of drug-likeness (QED) is 0.789. The molecule has 0 unspecified atom stereocenters. The van der Waals surface area contributed by atoms with Crippen molar-refractivity contribution in [1.29, 1.82) is 0 Å². The van der Waals surface area contributed by atoms with Crippen LogP contribution in [0.15, 0.2) is 34.3 Å². The molecule has 5 nitrogen and oxygen atoms in total. The maximum Gasteiger partial charge on any atom is 0.242 e. The average molecular weight is 327 g/mol. The van der Waals surface area contributed by atoms with E-state index >= 15 is 0 Å².